The molecule has 22 heavy (non-hydrogen) atoms. The predicted octanol–water partition coefficient (Wildman–Crippen LogP) is 5.47. The van der Waals surface area contributed by atoms with E-state index < -0.39 is 0 Å². The normalized spacial score (nSPS) is 21.2. The van der Waals surface area contributed by atoms with Crippen LogP contribution < -0.4 is 5.32 Å². The lowest BCUT2D eigenvalue weighted by Gasteiger charge is -2.21. The summed E-state index contributed by atoms with van der Waals surface area (Å²) >= 11 is 13.9. The number of rotatable bonds is 4. The van der Waals surface area contributed by atoms with Crippen molar-refractivity contribution in [2.24, 2.45) is 0 Å². The van der Waals surface area contributed by atoms with Gasteiger partial charge in [0.25, 0.3) is 0 Å². The van der Waals surface area contributed by atoms with Gasteiger partial charge in [-0.1, -0.05) is 41.4 Å². The fourth-order valence-electron chi connectivity index (χ4n) is 2.68. The second-order valence-corrected chi connectivity index (χ2v) is 7.43. The summed E-state index contributed by atoms with van der Waals surface area (Å²) in [6.07, 6.45) is 1.11. The van der Waals surface area contributed by atoms with Crippen LogP contribution in [-0.4, -0.2) is 11.8 Å². The highest BCUT2D eigenvalue weighted by Crippen LogP contribution is 2.40. The minimum absolute atomic E-state index is 0.188. The molecule has 0 saturated carbocycles. The monoisotopic (exact) mass is 355 g/mol. The molecule has 116 valence electrons. The van der Waals surface area contributed by atoms with E-state index in [9.17, 15) is 4.39 Å². The number of hydrogen-bond acceptors (Lipinski definition) is 2. The SMILES string of the molecule is Fc1ccc(C2SCCC2NCc2ccc(Cl)c(Cl)c2)cc1. The molecule has 1 aliphatic rings. The maximum absolute atomic E-state index is 13.1. The third-order valence-electron chi connectivity index (χ3n) is 3.84. The summed E-state index contributed by atoms with van der Waals surface area (Å²) in [7, 11) is 0. The van der Waals surface area contributed by atoms with Crippen molar-refractivity contribution < 1.29 is 4.39 Å². The largest absolute Gasteiger partial charge is 0.308 e. The van der Waals surface area contributed by atoms with Gasteiger partial charge in [-0.2, -0.15) is 11.8 Å². The number of halogens is 3. The summed E-state index contributed by atoms with van der Waals surface area (Å²) in [6, 6.07) is 12.9. The molecule has 0 amide bonds. The van der Waals surface area contributed by atoms with E-state index in [1.54, 1.807) is 0 Å². The molecule has 2 aromatic carbocycles. The Labute approximate surface area is 144 Å². The molecule has 0 radical (unpaired) electrons. The van der Waals surface area contributed by atoms with E-state index in [4.69, 9.17) is 23.2 Å². The van der Waals surface area contributed by atoms with Crippen LogP contribution in [0.2, 0.25) is 10.0 Å². The summed E-state index contributed by atoms with van der Waals surface area (Å²) < 4.78 is 13.1. The fraction of sp³-hybridized carbons (Fsp3) is 0.294. The van der Waals surface area contributed by atoms with Crippen molar-refractivity contribution in [2.45, 2.75) is 24.3 Å². The Bertz CT molecular complexity index is 648. The number of nitrogens with one attached hydrogen (secondary N) is 1. The van der Waals surface area contributed by atoms with Gasteiger partial charge in [0, 0.05) is 17.8 Å². The maximum atomic E-state index is 13.1. The first kappa shape index (κ1) is 16.1. The van der Waals surface area contributed by atoms with E-state index in [-0.39, 0.29) is 5.82 Å². The Morgan fingerprint density at radius 3 is 2.59 bits per heavy atom. The minimum Gasteiger partial charge on any atom is -0.308 e. The van der Waals surface area contributed by atoms with Crippen LogP contribution in [-0.2, 0) is 6.54 Å². The lowest BCUT2D eigenvalue weighted by molar-refractivity contribution is 0.506. The van der Waals surface area contributed by atoms with Gasteiger partial charge in [0.2, 0.25) is 0 Å². The molecule has 0 spiro atoms. The molecular formula is C17H16Cl2FNS. The van der Waals surface area contributed by atoms with Crippen molar-refractivity contribution in [2.75, 3.05) is 5.75 Å². The van der Waals surface area contributed by atoms with Gasteiger partial charge in [0.1, 0.15) is 5.82 Å². The molecule has 0 bridgehead atoms. The third kappa shape index (κ3) is 3.77. The van der Waals surface area contributed by atoms with Crippen LogP contribution in [0.15, 0.2) is 42.5 Å². The van der Waals surface area contributed by atoms with Crippen molar-refractivity contribution in [3.63, 3.8) is 0 Å². The van der Waals surface area contributed by atoms with Gasteiger partial charge >= 0.3 is 0 Å². The van der Waals surface area contributed by atoms with Gasteiger partial charge in [-0.25, -0.2) is 4.39 Å². The predicted molar refractivity (Wildman–Crippen MR) is 93.3 cm³/mol. The number of thioether (sulfide) groups is 1. The van der Waals surface area contributed by atoms with E-state index in [0.29, 0.717) is 21.3 Å². The Balaban J connectivity index is 1.66. The minimum atomic E-state index is -0.188. The molecule has 2 unspecified atom stereocenters. The topological polar surface area (TPSA) is 12.0 Å². The molecule has 3 rings (SSSR count). The molecule has 1 nitrogen and oxygen atoms in total. The lowest BCUT2D eigenvalue weighted by Crippen LogP contribution is -2.30. The van der Waals surface area contributed by atoms with E-state index in [1.165, 1.54) is 17.7 Å². The fourth-order valence-corrected chi connectivity index (χ4v) is 4.46. The van der Waals surface area contributed by atoms with Crippen molar-refractivity contribution >= 4 is 35.0 Å². The van der Waals surface area contributed by atoms with E-state index >= 15 is 0 Å². The molecule has 2 atom stereocenters. The van der Waals surface area contributed by atoms with Crippen LogP contribution in [0.3, 0.4) is 0 Å². The molecule has 2 aromatic rings. The van der Waals surface area contributed by atoms with Gasteiger partial charge in [-0.3, -0.25) is 0 Å². The summed E-state index contributed by atoms with van der Waals surface area (Å²) in [5, 5.41) is 5.11. The van der Waals surface area contributed by atoms with Crippen LogP contribution in [0.1, 0.15) is 22.8 Å². The maximum Gasteiger partial charge on any atom is 0.123 e. The highest BCUT2D eigenvalue weighted by molar-refractivity contribution is 7.99. The quantitative estimate of drug-likeness (QED) is 0.780. The molecule has 1 aliphatic heterocycles. The van der Waals surface area contributed by atoms with E-state index in [2.05, 4.69) is 5.32 Å². The average Bonchev–Trinajstić information content (AvgIpc) is 2.98. The molecule has 1 fully saturated rings. The molecule has 0 aromatic heterocycles. The van der Waals surface area contributed by atoms with Gasteiger partial charge in [0.15, 0.2) is 0 Å². The second-order valence-electron chi connectivity index (χ2n) is 5.37. The highest BCUT2D eigenvalue weighted by Gasteiger charge is 2.28. The Kier molecular flexibility index (Phi) is 5.29. The first-order chi connectivity index (χ1) is 10.6. The third-order valence-corrected chi connectivity index (χ3v) is 6.01. The van der Waals surface area contributed by atoms with E-state index in [0.717, 1.165) is 24.3 Å². The Morgan fingerprint density at radius 1 is 1.09 bits per heavy atom. The standard InChI is InChI=1S/C17H16Cl2FNS/c18-14-6-1-11(9-15(14)19)10-21-16-7-8-22-17(16)12-2-4-13(20)5-3-12/h1-6,9,16-17,21H,7-8,10H2. The van der Waals surface area contributed by atoms with Gasteiger partial charge in [-0.15, -0.1) is 0 Å². The average molecular weight is 356 g/mol. The van der Waals surface area contributed by atoms with Crippen LogP contribution >= 0.6 is 35.0 Å². The zero-order valence-corrected chi connectivity index (χ0v) is 14.2. The molecule has 1 heterocycles. The summed E-state index contributed by atoms with van der Waals surface area (Å²) in [6.45, 7) is 0.750. The summed E-state index contributed by atoms with van der Waals surface area (Å²) in [5.74, 6) is 0.924. The van der Waals surface area contributed by atoms with Crippen LogP contribution in [0, 0.1) is 5.82 Å². The van der Waals surface area contributed by atoms with E-state index in [1.807, 2.05) is 42.1 Å². The van der Waals surface area contributed by atoms with Gasteiger partial charge < -0.3 is 5.32 Å². The zero-order chi connectivity index (χ0) is 15.5. The van der Waals surface area contributed by atoms with Crippen molar-refractivity contribution in [3.8, 4) is 0 Å². The summed E-state index contributed by atoms with van der Waals surface area (Å²) in [5.41, 5.74) is 2.29. The Morgan fingerprint density at radius 2 is 1.86 bits per heavy atom. The van der Waals surface area contributed by atoms with Crippen molar-refractivity contribution in [1.82, 2.24) is 5.32 Å². The molecule has 1 saturated heterocycles. The number of hydrogen-bond donors (Lipinski definition) is 1. The second kappa shape index (κ2) is 7.22. The van der Waals surface area contributed by atoms with Crippen LogP contribution in [0.4, 0.5) is 4.39 Å². The first-order valence-corrected chi connectivity index (χ1v) is 8.98. The van der Waals surface area contributed by atoms with Gasteiger partial charge in [0.05, 0.1) is 10.0 Å². The molecule has 5 heteroatoms. The zero-order valence-electron chi connectivity index (χ0n) is 11.9. The van der Waals surface area contributed by atoms with Crippen LogP contribution in [0.5, 0.6) is 0 Å². The molecular weight excluding hydrogens is 340 g/mol. The first-order valence-electron chi connectivity index (χ1n) is 7.18. The highest BCUT2D eigenvalue weighted by atomic mass is 35.5. The van der Waals surface area contributed by atoms with Crippen molar-refractivity contribution in [1.29, 1.82) is 0 Å². The lowest BCUT2D eigenvalue weighted by atomic mass is 10.0. The smallest absolute Gasteiger partial charge is 0.123 e. The van der Waals surface area contributed by atoms with Crippen molar-refractivity contribution in [3.05, 3.63) is 69.5 Å². The van der Waals surface area contributed by atoms with Gasteiger partial charge in [-0.05, 0) is 47.6 Å². The summed E-state index contributed by atoms with van der Waals surface area (Å²) in [4.78, 5) is 0. The number of benzene rings is 2. The molecule has 0 aliphatic carbocycles. The van der Waals surface area contributed by atoms with Crippen LogP contribution in [0.25, 0.3) is 0 Å². The Hall–Kier alpha value is -0.740. The molecule has 1 N–H and O–H groups in total.